The lowest BCUT2D eigenvalue weighted by Gasteiger charge is -2.26. The van der Waals surface area contributed by atoms with Gasteiger partial charge in [-0.3, -0.25) is 4.90 Å². The van der Waals surface area contributed by atoms with Crippen LogP contribution in [0.15, 0.2) is 29.4 Å². The summed E-state index contributed by atoms with van der Waals surface area (Å²) in [5.74, 6) is 5.10. The van der Waals surface area contributed by atoms with E-state index in [0.29, 0.717) is 0 Å². The summed E-state index contributed by atoms with van der Waals surface area (Å²) in [6.07, 6.45) is 1.65. The summed E-state index contributed by atoms with van der Waals surface area (Å²) in [6, 6.07) is 8.30. The van der Waals surface area contributed by atoms with Crippen molar-refractivity contribution in [2.45, 2.75) is 6.54 Å². The fraction of sp³-hybridized carbons (Fsp3) is 0.417. The lowest BCUT2D eigenvalue weighted by atomic mass is 10.1. The van der Waals surface area contributed by atoms with Crippen LogP contribution < -0.4 is 5.84 Å². The third kappa shape index (κ3) is 3.05. The highest BCUT2D eigenvalue weighted by Crippen LogP contribution is 2.08. The number of hydrazone groups is 1. The van der Waals surface area contributed by atoms with E-state index in [1.54, 1.807) is 6.21 Å². The van der Waals surface area contributed by atoms with Crippen molar-refractivity contribution in [1.82, 2.24) is 4.90 Å². The van der Waals surface area contributed by atoms with Crippen molar-refractivity contribution in [3.63, 3.8) is 0 Å². The fourth-order valence-electron chi connectivity index (χ4n) is 1.81. The van der Waals surface area contributed by atoms with Gasteiger partial charge in [-0.15, -0.1) is 0 Å². The van der Waals surface area contributed by atoms with Gasteiger partial charge in [0.25, 0.3) is 0 Å². The Morgan fingerprint density at radius 3 is 2.56 bits per heavy atom. The normalized spacial score (nSPS) is 18.0. The minimum atomic E-state index is 0.845. The van der Waals surface area contributed by atoms with Crippen molar-refractivity contribution in [3.8, 4) is 0 Å². The third-order valence-corrected chi connectivity index (χ3v) is 2.71. The molecule has 1 heterocycles. The van der Waals surface area contributed by atoms with Gasteiger partial charge in [0, 0.05) is 19.6 Å². The lowest BCUT2D eigenvalue weighted by molar-refractivity contribution is 0.0342. The van der Waals surface area contributed by atoms with Crippen LogP contribution in [0, 0.1) is 0 Å². The van der Waals surface area contributed by atoms with Crippen LogP contribution in [0.25, 0.3) is 0 Å². The summed E-state index contributed by atoms with van der Waals surface area (Å²) in [7, 11) is 0. The predicted molar refractivity (Wildman–Crippen MR) is 64.3 cm³/mol. The minimum Gasteiger partial charge on any atom is -0.379 e. The van der Waals surface area contributed by atoms with Crippen LogP contribution in [0.4, 0.5) is 0 Å². The van der Waals surface area contributed by atoms with Gasteiger partial charge in [-0.2, -0.15) is 5.10 Å². The second-order valence-corrected chi connectivity index (χ2v) is 3.91. The van der Waals surface area contributed by atoms with E-state index in [4.69, 9.17) is 10.6 Å². The Morgan fingerprint density at radius 2 is 1.94 bits per heavy atom. The summed E-state index contributed by atoms with van der Waals surface area (Å²) in [6.45, 7) is 4.72. The molecule has 86 valence electrons. The zero-order valence-electron chi connectivity index (χ0n) is 9.30. The number of nitrogens with two attached hydrogens (primary N) is 1. The van der Waals surface area contributed by atoms with Crippen molar-refractivity contribution in [2.24, 2.45) is 10.9 Å². The Morgan fingerprint density at radius 1 is 1.25 bits per heavy atom. The maximum Gasteiger partial charge on any atom is 0.0594 e. The molecule has 0 spiro atoms. The van der Waals surface area contributed by atoms with Gasteiger partial charge in [0.2, 0.25) is 0 Å². The average Bonchev–Trinajstić information content (AvgIpc) is 2.33. The maximum absolute atomic E-state index is 5.32. The molecule has 1 fully saturated rings. The van der Waals surface area contributed by atoms with E-state index < -0.39 is 0 Å². The van der Waals surface area contributed by atoms with E-state index in [2.05, 4.69) is 22.1 Å². The van der Waals surface area contributed by atoms with E-state index in [1.807, 2.05) is 12.1 Å². The number of nitrogens with zero attached hydrogens (tertiary/aromatic N) is 2. The van der Waals surface area contributed by atoms with Crippen molar-refractivity contribution in [1.29, 1.82) is 0 Å². The van der Waals surface area contributed by atoms with Gasteiger partial charge in [-0.1, -0.05) is 24.3 Å². The summed E-state index contributed by atoms with van der Waals surface area (Å²) in [5, 5.41) is 3.50. The first-order valence-electron chi connectivity index (χ1n) is 5.51. The standard InChI is InChI=1S/C12H17N3O/c13-14-9-11-1-3-12(4-2-11)10-15-5-7-16-8-6-15/h1-4,9H,5-8,10,13H2. The second kappa shape index (κ2) is 5.63. The van der Waals surface area contributed by atoms with Crippen LogP contribution >= 0.6 is 0 Å². The van der Waals surface area contributed by atoms with Crippen molar-refractivity contribution in [2.75, 3.05) is 26.3 Å². The predicted octanol–water partition coefficient (Wildman–Crippen LogP) is 0.811. The SMILES string of the molecule is NN=Cc1ccc(CN2CCOCC2)cc1. The van der Waals surface area contributed by atoms with Gasteiger partial charge in [-0.05, 0) is 11.1 Å². The Kier molecular flexibility index (Phi) is 3.91. The number of rotatable bonds is 3. The van der Waals surface area contributed by atoms with E-state index >= 15 is 0 Å². The van der Waals surface area contributed by atoms with Crippen LogP contribution in [-0.4, -0.2) is 37.4 Å². The molecule has 4 heteroatoms. The highest BCUT2D eigenvalue weighted by molar-refractivity contribution is 5.79. The van der Waals surface area contributed by atoms with Crippen LogP contribution in [0.5, 0.6) is 0 Å². The van der Waals surface area contributed by atoms with Crippen LogP contribution in [0.2, 0.25) is 0 Å². The van der Waals surface area contributed by atoms with Crippen molar-refractivity contribution in [3.05, 3.63) is 35.4 Å². The second-order valence-electron chi connectivity index (χ2n) is 3.91. The molecule has 1 aromatic carbocycles. The topological polar surface area (TPSA) is 50.8 Å². The lowest BCUT2D eigenvalue weighted by Crippen LogP contribution is -2.35. The molecule has 1 aromatic rings. The molecule has 0 bridgehead atoms. The largest absolute Gasteiger partial charge is 0.379 e. The first kappa shape index (κ1) is 11.1. The fourth-order valence-corrected chi connectivity index (χ4v) is 1.81. The minimum absolute atomic E-state index is 0.845. The molecule has 1 aliphatic heterocycles. The summed E-state index contributed by atoms with van der Waals surface area (Å²) in [4.78, 5) is 2.40. The Balaban J connectivity index is 1.93. The number of benzene rings is 1. The maximum atomic E-state index is 5.32. The molecule has 0 unspecified atom stereocenters. The molecule has 1 aliphatic rings. The molecule has 2 N–H and O–H groups in total. The zero-order chi connectivity index (χ0) is 11.2. The molecule has 16 heavy (non-hydrogen) atoms. The van der Waals surface area contributed by atoms with E-state index in [-0.39, 0.29) is 0 Å². The Labute approximate surface area is 95.7 Å². The monoisotopic (exact) mass is 219 g/mol. The Hall–Kier alpha value is -1.39. The molecule has 2 rings (SSSR count). The van der Waals surface area contributed by atoms with Crippen molar-refractivity contribution < 1.29 is 4.74 Å². The van der Waals surface area contributed by atoms with Crippen molar-refractivity contribution >= 4 is 6.21 Å². The van der Waals surface area contributed by atoms with Crippen LogP contribution in [0.1, 0.15) is 11.1 Å². The first-order valence-corrected chi connectivity index (χ1v) is 5.51. The van der Waals surface area contributed by atoms with Crippen LogP contribution in [-0.2, 0) is 11.3 Å². The Bertz CT molecular complexity index is 342. The molecule has 4 nitrogen and oxygen atoms in total. The van der Waals surface area contributed by atoms with E-state index in [0.717, 1.165) is 38.4 Å². The molecule has 0 aromatic heterocycles. The molecular weight excluding hydrogens is 202 g/mol. The van der Waals surface area contributed by atoms with Gasteiger partial charge < -0.3 is 10.6 Å². The van der Waals surface area contributed by atoms with Crippen LogP contribution in [0.3, 0.4) is 0 Å². The number of ether oxygens (including phenoxy) is 1. The smallest absolute Gasteiger partial charge is 0.0594 e. The molecule has 0 amide bonds. The molecule has 0 atom stereocenters. The summed E-state index contributed by atoms with van der Waals surface area (Å²) < 4.78 is 5.32. The quantitative estimate of drug-likeness (QED) is 0.465. The molecule has 0 radical (unpaired) electrons. The molecule has 0 saturated carbocycles. The van der Waals surface area contributed by atoms with Gasteiger partial charge in [0.15, 0.2) is 0 Å². The number of morpholine rings is 1. The summed E-state index contributed by atoms with van der Waals surface area (Å²) >= 11 is 0. The molecular formula is C12H17N3O. The van der Waals surface area contributed by atoms with E-state index in [1.165, 1.54) is 5.56 Å². The van der Waals surface area contributed by atoms with Gasteiger partial charge in [0.1, 0.15) is 0 Å². The molecule has 0 aliphatic carbocycles. The average molecular weight is 219 g/mol. The summed E-state index contributed by atoms with van der Waals surface area (Å²) in [5.41, 5.74) is 2.35. The van der Waals surface area contributed by atoms with Gasteiger partial charge >= 0.3 is 0 Å². The first-order chi connectivity index (χ1) is 7.88. The number of hydrogen-bond acceptors (Lipinski definition) is 4. The van der Waals surface area contributed by atoms with Gasteiger partial charge in [-0.25, -0.2) is 0 Å². The highest BCUT2D eigenvalue weighted by atomic mass is 16.5. The highest BCUT2D eigenvalue weighted by Gasteiger charge is 2.10. The van der Waals surface area contributed by atoms with E-state index in [9.17, 15) is 0 Å². The van der Waals surface area contributed by atoms with Gasteiger partial charge in [0.05, 0.1) is 19.4 Å². The number of hydrogen-bond donors (Lipinski definition) is 1. The zero-order valence-corrected chi connectivity index (χ0v) is 9.30. The third-order valence-electron chi connectivity index (χ3n) is 2.71. The molecule has 1 saturated heterocycles.